The van der Waals surface area contributed by atoms with Crippen LogP contribution in [0.5, 0.6) is 5.88 Å². The van der Waals surface area contributed by atoms with E-state index in [1.165, 1.54) is 29.1 Å². The topological polar surface area (TPSA) is 124 Å². The number of hydrogen-bond acceptors (Lipinski definition) is 8. The van der Waals surface area contributed by atoms with Crippen LogP contribution in [0.2, 0.25) is 0 Å². The number of amides is 1. The lowest BCUT2D eigenvalue weighted by Gasteiger charge is -2.34. The van der Waals surface area contributed by atoms with Crippen LogP contribution in [0.25, 0.3) is 5.82 Å². The third kappa shape index (κ3) is 6.46. The lowest BCUT2D eigenvalue weighted by atomic mass is 9.97. The molecule has 1 saturated carbocycles. The van der Waals surface area contributed by atoms with Crippen LogP contribution in [0.15, 0.2) is 35.5 Å². The molecular formula is C27H31F6N7O4S. The zero-order chi connectivity index (χ0) is 33.2. The van der Waals surface area contributed by atoms with Gasteiger partial charge in [-0.05, 0) is 57.6 Å². The van der Waals surface area contributed by atoms with Gasteiger partial charge in [0.15, 0.2) is 11.5 Å². The van der Waals surface area contributed by atoms with Crippen LogP contribution in [-0.2, 0) is 23.2 Å². The number of nitrogens with one attached hydrogen (secondary N) is 1. The molecule has 1 N–H and O–H groups in total. The van der Waals surface area contributed by atoms with E-state index in [-0.39, 0.29) is 54.9 Å². The van der Waals surface area contributed by atoms with Gasteiger partial charge in [-0.15, -0.1) is 5.10 Å². The summed E-state index contributed by atoms with van der Waals surface area (Å²) in [6.45, 7) is 6.03. The molecule has 0 aromatic carbocycles. The molecule has 3 aromatic rings. The van der Waals surface area contributed by atoms with Gasteiger partial charge in [0.05, 0.1) is 17.6 Å². The SMILES string of the molecule is C[C@@H]1CN(c2nc(-n3ccc(OCCC4(C(F)(F)F)CC4)n3)ccc2C(=O)NS(=O)(=O)c2cn(C)nc2C(F)(F)F)C(C)(C)C1. The van der Waals surface area contributed by atoms with Gasteiger partial charge in [0.2, 0.25) is 5.88 Å². The fourth-order valence-electron chi connectivity index (χ4n) is 5.69. The molecule has 2 fully saturated rings. The number of ether oxygens (including phenoxy) is 1. The number of nitrogens with zero attached hydrogens (tertiary/aromatic N) is 6. The van der Waals surface area contributed by atoms with Gasteiger partial charge in [0.25, 0.3) is 15.9 Å². The van der Waals surface area contributed by atoms with Gasteiger partial charge in [-0.2, -0.15) is 31.4 Å². The molecule has 0 unspecified atom stereocenters. The van der Waals surface area contributed by atoms with Gasteiger partial charge >= 0.3 is 12.4 Å². The zero-order valence-corrected chi connectivity index (χ0v) is 25.5. The van der Waals surface area contributed by atoms with Crippen molar-refractivity contribution in [1.82, 2.24) is 29.3 Å². The normalized spacial score (nSPS) is 19.5. The molecule has 1 atom stereocenters. The summed E-state index contributed by atoms with van der Waals surface area (Å²) in [6, 6.07) is 4.07. The Balaban J connectivity index is 1.43. The molecule has 4 heterocycles. The molecule has 45 heavy (non-hydrogen) atoms. The molecule has 0 radical (unpaired) electrons. The Morgan fingerprint density at radius 1 is 1.11 bits per heavy atom. The Labute approximate surface area is 254 Å². The summed E-state index contributed by atoms with van der Waals surface area (Å²) in [5.74, 6) is -0.757. The van der Waals surface area contributed by atoms with Crippen molar-refractivity contribution in [3.63, 3.8) is 0 Å². The summed E-state index contributed by atoms with van der Waals surface area (Å²) in [5.41, 5.74) is -4.15. The van der Waals surface area contributed by atoms with Crippen molar-refractivity contribution in [2.75, 3.05) is 18.1 Å². The second kappa shape index (κ2) is 10.9. The molecule has 0 bridgehead atoms. The lowest BCUT2D eigenvalue weighted by Crippen LogP contribution is -2.41. The van der Waals surface area contributed by atoms with Crippen molar-refractivity contribution in [3.05, 3.63) is 41.9 Å². The Bertz CT molecular complexity index is 1710. The van der Waals surface area contributed by atoms with Crippen molar-refractivity contribution in [2.45, 2.75) is 69.2 Å². The molecule has 11 nitrogen and oxygen atoms in total. The highest BCUT2D eigenvalue weighted by Crippen LogP contribution is 2.59. The van der Waals surface area contributed by atoms with Crippen molar-refractivity contribution >= 4 is 21.7 Å². The maximum Gasteiger partial charge on any atom is 0.436 e. The van der Waals surface area contributed by atoms with Gasteiger partial charge in [-0.3, -0.25) is 9.48 Å². The number of alkyl halides is 6. The van der Waals surface area contributed by atoms with Crippen LogP contribution in [-0.4, -0.2) is 63.7 Å². The molecule has 18 heteroatoms. The fraction of sp³-hybridized carbons (Fsp3) is 0.556. The quantitative estimate of drug-likeness (QED) is 0.322. The van der Waals surface area contributed by atoms with Gasteiger partial charge < -0.3 is 9.64 Å². The Morgan fingerprint density at radius 2 is 1.80 bits per heavy atom. The molecule has 1 aliphatic carbocycles. The van der Waals surface area contributed by atoms with E-state index in [2.05, 4.69) is 15.2 Å². The first-order valence-corrected chi connectivity index (χ1v) is 15.4. The first kappa shape index (κ1) is 32.6. The number of carbonyl (C=O) groups excluding carboxylic acids is 1. The maximum absolute atomic E-state index is 13.5. The van der Waals surface area contributed by atoms with E-state index < -0.39 is 49.8 Å². The number of aromatic nitrogens is 5. The number of pyridine rings is 1. The molecule has 5 rings (SSSR count). The summed E-state index contributed by atoms with van der Waals surface area (Å²) in [6.07, 6.45) is -6.69. The number of anilines is 1. The Kier molecular flexibility index (Phi) is 7.89. The van der Waals surface area contributed by atoms with Crippen LogP contribution in [0.3, 0.4) is 0 Å². The Hall–Kier alpha value is -3.83. The Morgan fingerprint density at radius 3 is 2.38 bits per heavy atom. The average molecular weight is 664 g/mol. The molecular weight excluding hydrogens is 632 g/mol. The second-order valence-electron chi connectivity index (χ2n) is 12.2. The van der Waals surface area contributed by atoms with Gasteiger partial charge in [0, 0.05) is 37.6 Å². The minimum Gasteiger partial charge on any atom is -0.477 e. The van der Waals surface area contributed by atoms with Crippen LogP contribution >= 0.6 is 0 Å². The molecule has 3 aromatic heterocycles. The third-order valence-corrected chi connectivity index (χ3v) is 9.43. The number of rotatable bonds is 9. The van der Waals surface area contributed by atoms with Crippen molar-refractivity contribution in [1.29, 1.82) is 0 Å². The predicted octanol–water partition coefficient (Wildman–Crippen LogP) is 4.87. The van der Waals surface area contributed by atoms with Crippen LogP contribution in [0.4, 0.5) is 32.2 Å². The lowest BCUT2D eigenvalue weighted by molar-refractivity contribution is -0.190. The standard InChI is InChI=1S/C27H31F6N7O4S/c1-16-13-24(2,3)39(14-16)22-17(23(41)37-45(42,43)18-15-38(4)36-21(18)26(28,29)30)5-6-19(34-22)40-11-7-20(35-40)44-12-10-25(8-9-25)27(31,32)33/h5-7,11,15-16H,8-10,12-14H2,1-4H3,(H,37,41)/t16-/m0/s1. The van der Waals surface area contributed by atoms with E-state index in [0.29, 0.717) is 23.8 Å². The van der Waals surface area contributed by atoms with Crippen LogP contribution in [0.1, 0.15) is 62.5 Å². The van der Waals surface area contributed by atoms with E-state index >= 15 is 0 Å². The second-order valence-corrected chi connectivity index (χ2v) is 13.8. The van der Waals surface area contributed by atoms with E-state index in [9.17, 15) is 39.6 Å². The largest absolute Gasteiger partial charge is 0.477 e. The smallest absolute Gasteiger partial charge is 0.436 e. The molecule has 1 amide bonds. The fourth-order valence-corrected chi connectivity index (χ4v) is 6.86. The van der Waals surface area contributed by atoms with Crippen molar-refractivity contribution < 1.29 is 44.3 Å². The highest BCUT2D eigenvalue weighted by Gasteiger charge is 2.62. The zero-order valence-electron chi connectivity index (χ0n) is 24.7. The van der Waals surface area contributed by atoms with Gasteiger partial charge in [0.1, 0.15) is 10.7 Å². The van der Waals surface area contributed by atoms with Gasteiger partial charge in [-0.25, -0.2) is 22.8 Å². The predicted molar refractivity (Wildman–Crippen MR) is 147 cm³/mol. The number of hydrogen-bond donors (Lipinski definition) is 1. The summed E-state index contributed by atoms with van der Waals surface area (Å²) >= 11 is 0. The number of aryl methyl sites for hydroxylation is 1. The first-order chi connectivity index (χ1) is 20.7. The molecule has 1 aliphatic heterocycles. The number of sulfonamides is 1. The summed E-state index contributed by atoms with van der Waals surface area (Å²) in [4.78, 5) is 18.6. The highest BCUT2D eigenvalue weighted by atomic mass is 32.2. The van der Waals surface area contributed by atoms with E-state index in [4.69, 9.17) is 4.74 Å². The van der Waals surface area contributed by atoms with Crippen molar-refractivity contribution in [3.8, 4) is 11.7 Å². The summed E-state index contributed by atoms with van der Waals surface area (Å²) in [7, 11) is -3.90. The monoisotopic (exact) mass is 663 g/mol. The number of halogens is 6. The number of carbonyl (C=O) groups is 1. The summed E-state index contributed by atoms with van der Waals surface area (Å²) in [5, 5.41) is 7.43. The van der Waals surface area contributed by atoms with Crippen LogP contribution < -0.4 is 14.4 Å². The molecule has 1 saturated heterocycles. The molecule has 0 spiro atoms. The van der Waals surface area contributed by atoms with Crippen molar-refractivity contribution in [2.24, 2.45) is 18.4 Å². The molecule has 2 aliphatic rings. The average Bonchev–Trinajstić information content (AvgIpc) is 3.23. The van der Waals surface area contributed by atoms with Crippen LogP contribution in [0, 0.1) is 11.3 Å². The van der Waals surface area contributed by atoms with Gasteiger partial charge in [-0.1, -0.05) is 6.92 Å². The first-order valence-electron chi connectivity index (χ1n) is 13.9. The van der Waals surface area contributed by atoms with E-state index in [1.54, 1.807) is 9.62 Å². The third-order valence-electron chi connectivity index (χ3n) is 8.10. The maximum atomic E-state index is 13.5. The van der Waals surface area contributed by atoms with E-state index in [1.807, 2.05) is 20.8 Å². The van der Waals surface area contributed by atoms with E-state index in [0.717, 1.165) is 7.05 Å². The summed E-state index contributed by atoms with van der Waals surface area (Å²) < 4.78 is 115. The minimum atomic E-state index is -5.09. The highest BCUT2D eigenvalue weighted by molar-refractivity contribution is 7.90. The minimum absolute atomic E-state index is 0.0521. The molecule has 246 valence electrons.